The summed E-state index contributed by atoms with van der Waals surface area (Å²) in [5, 5.41) is -0.268. The van der Waals surface area contributed by atoms with E-state index in [1.807, 2.05) is 0 Å². The van der Waals surface area contributed by atoms with Crippen LogP contribution in [0.2, 0.25) is 0 Å². The molecule has 1 fully saturated rings. The van der Waals surface area contributed by atoms with E-state index in [9.17, 15) is 8.42 Å². The Morgan fingerprint density at radius 2 is 2.00 bits per heavy atom. The summed E-state index contributed by atoms with van der Waals surface area (Å²) in [6.07, 6.45) is 3.48. The third-order valence-electron chi connectivity index (χ3n) is 3.17. The molecule has 0 heterocycles. The van der Waals surface area contributed by atoms with Crippen LogP contribution in [0.15, 0.2) is 22.7 Å². The highest BCUT2D eigenvalue weighted by Crippen LogP contribution is 2.31. The van der Waals surface area contributed by atoms with Crippen molar-refractivity contribution >= 4 is 31.6 Å². The van der Waals surface area contributed by atoms with Crippen LogP contribution in [0.3, 0.4) is 0 Å². The van der Waals surface area contributed by atoms with Crippen molar-refractivity contribution in [1.29, 1.82) is 0 Å². The van der Waals surface area contributed by atoms with E-state index in [0.29, 0.717) is 15.9 Å². The van der Waals surface area contributed by atoms with Crippen molar-refractivity contribution in [2.75, 3.05) is 11.8 Å². The molecule has 0 spiro atoms. The van der Waals surface area contributed by atoms with Gasteiger partial charge in [0.2, 0.25) is 10.0 Å². The van der Waals surface area contributed by atoms with E-state index in [1.54, 1.807) is 25.3 Å². The number of anilines is 1. The molecular formula is C12H16BrNO3S. The molecule has 0 radical (unpaired) electrons. The topological polar surface area (TPSA) is 55.4 Å². The molecule has 1 aromatic carbocycles. The number of hydrogen-bond acceptors (Lipinski definition) is 3. The summed E-state index contributed by atoms with van der Waals surface area (Å²) in [7, 11) is -1.74. The van der Waals surface area contributed by atoms with Crippen LogP contribution in [-0.4, -0.2) is 20.8 Å². The molecule has 0 aromatic heterocycles. The second-order valence-corrected chi connectivity index (χ2v) is 7.21. The Balaban J connectivity index is 2.22. The number of methoxy groups -OCH3 is 1. The summed E-state index contributed by atoms with van der Waals surface area (Å²) in [4.78, 5) is 0. The molecule has 2 rings (SSSR count). The number of ether oxygens (including phenoxy) is 1. The van der Waals surface area contributed by atoms with E-state index >= 15 is 0 Å². The normalized spacial score (nSPS) is 16.8. The fraction of sp³-hybridized carbons (Fsp3) is 0.500. The van der Waals surface area contributed by atoms with Gasteiger partial charge in [-0.05, 0) is 40.9 Å². The van der Waals surface area contributed by atoms with Crippen molar-refractivity contribution in [2.24, 2.45) is 0 Å². The minimum Gasteiger partial charge on any atom is -0.497 e. The second-order valence-electron chi connectivity index (χ2n) is 4.40. The molecule has 1 aliphatic rings. The lowest BCUT2D eigenvalue weighted by atomic mass is 10.3. The molecule has 4 nitrogen and oxygen atoms in total. The highest BCUT2D eigenvalue weighted by molar-refractivity contribution is 9.10. The van der Waals surface area contributed by atoms with Crippen LogP contribution in [0, 0.1) is 0 Å². The fourth-order valence-electron chi connectivity index (χ4n) is 2.14. The van der Waals surface area contributed by atoms with Crippen LogP contribution in [0.1, 0.15) is 25.7 Å². The molecule has 0 saturated heterocycles. The Bertz CT molecular complexity index is 524. The minimum atomic E-state index is -3.30. The molecule has 1 aromatic rings. The molecular weight excluding hydrogens is 318 g/mol. The smallest absolute Gasteiger partial charge is 0.235 e. The Hall–Kier alpha value is -0.750. The van der Waals surface area contributed by atoms with E-state index in [-0.39, 0.29) is 5.25 Å². The predicted molar refractivity (Wildman–Crippen MR) is 75.5 cm³/mol. The first kappa shape index (κ1) is 13.7. The van der Waals surface area contributed by atoms with Crippen LogP contribution in [0.25, 0.3) is 0 Å². The van der Waals surface area contributed by atoms with Crippen LogP contribution < -0.4 is 9.46 Å². The first-order valence-corrected chi connectivity index (χ1v) is 8.22. The summed E-state index contributed by atoms with van der Waals surface area (Å²) in [5.41, 5.74) is 0.529. The van der Waals surface area contributed by atoms with Gasteiger partial charge in [-0.1, -0.05) is 12.8 Å². The van der Waals surface area contributed by atoms with E-state index in [1.165, 1.54) is 0 Å². The molecule has 1 aliphatic carbocycles. The van der Waals surface area contributed by atoms with Crippen LogP contribution >= 0.6 is 15.9 Å². The predicted octanol–water partition coefficient (Wildman–Crippen LogP) is 3.14. The number of hydrogen-bond donors (Lipinski definition) is 1. The van der Waals surface area contributed by atoms with Crippen LogP contribution in [0.5, 0.6) is 5.75 Å². The molecule has 0 amide bonds. The quantitative estimate of drug-likeness (QED) is 0.920. The Kier molecular flexibility index (Phi) is 4.17. The third-order valence-corrected chi connectivity index (χ3v) is 5.71. The van der Waals surface area contributed by atoms with Gasteiger partial charge in [0.15, 0.2) is 0 Å². The molecule has 1 saturated carbocycles. The molecule has 0 aliphatic heterocycles. The van der Waals surface area contributed by atoms with Crippen LogP contribution in [0.4, 0.5) is 5.69 Å². The fourth-order valence-corrected chi connectivity index (χ4v) is 4.22. The largest absolute Gasteiger partial charge is 0.497 e. The van der Waals surface area contributed by atoms with Gasteiger partial charge in [-0.15, -0.1) is 0 Å². The number of nitrogens with one attached hydrogen (secondary N) is 1. The lowest BCUT2D eigenvalue weighted by Crippen LogP contribution is -2.25. The first-order chi connectivity index (χ1) is 8.53. The minimum absolute atomic E-state index is 0.268. The average Bonchev–Trinajstić information content (AvgIpc) is 2.86. The second kappa shape index (κ2) is 5.48. The molecule has 0 bridgehead atoms. The summed E-state index contributed by atoms with van der Waals surface area (Å²) in [6.45, 7) is 0. The number of benzene rings is 1. The maximum Gasteiger partial charge on any atom is 0.235 e. The summed E-state index contributed by atoms with van der Waals surface area (Å²) in [5.74, 6) is 0.627. The first-order valence-electron chi connectivity index (χ1n) is 5.88. The zero-order valence-electron chi connectivity index (χ0n) is 10.1. The molecule has 18 heavy (non-hydrogen) atoms. The Morgan fingerprint density at radius 3 is 2.61 bits per heavy atom. The van der Waals surface area contributed by atoms with Gasteiger partial charge >= 0.3 is 0 Å². The lowest BCUT2D eigenvalue weighted by Gasteiger charge is -2.15. The zero-order valence-corrected chi connectivity index (χ0v) is 12.6. The molecule has 1 N–H and O–H groups in total. The zero-order chi connectivity index (χ0) is 13.2. The highest BCUT2D eigenvalue weighted by Gasteiger charge is 2.29. The number of rotatable bonds is 4. The van der Waals surface area contributed by atoms with E-state index in [0.717, 1.165) is 25.7 Å². The maximum absolute atomic E-state index is 12.2. The molecule has 100 valence electrons. The maximum atomic E-state index is 12.2. The Labute approximate surface area is 116 Å². The van der Waals surface area contributed by atoms with Gasteiger partial charge in [-0.2, -0.15) is 0 Å². The van der Waals surface area contributed by atoms with E-state index < -0.39 is 10.0 Å². The van der Waals surface area contributed by atoms with E-state index in [4.69, 9.17) is 4.74 Å². The summed E-state index contributed by atoms with van der Waals surface area (Å²) >= 11 is 3.34. The van der Waals surface area contributed by atoms with Crippen molar-refractivity contribution in [3.63, 3.8) is 0 Å². The standard InChI is InChI=1S/C12H16BrNO3S/c1-17-9-6-7-11(13)12(8-9)14-18(15,16)10-4-2-3-5-10/h6-8,10,14H,2-5H2,1H3. The van der Waals surface area contributed by atoms with Gasteiger partial charge in [0.1, 0.15) is 5.75 Å². The lowest BCUT2D eigenvalue weighted by molar-refractivity contribution is 0.415. The molecule has 0 atom stereocenters. The third kappa shape index (κ3) is 2.98. The van der Waals surface area contributed by atoms with Gasteiger partial charge in [0, 0.05) is 10.5 Å². The average molecular weight is 334 g/mol. The van der Waals surface area contributed by atoms with Crippen molar-refractivity contribution in [3.05, 3.63) is 22.7 Å². The Morgan fingerprint density at radius 1 is 1.33 bits per heavy atom. The highest BCUT2D eigenvalue weighted by atomic mass is 79.9. The summed E-state index contributed by atoms with van der Waals surface area (Å²) in [6, 6.07) is 5.22. The monoisotopic (exact) mass is 333 g/mol. The number of halogens is 1. The van der Waals surface area contributed by atoms with Gasteiger partial charge < -0.3 is 4.74 Å². The van der Waals surface area contributed by atoms with Gasteiger partial charge in [0.05, 0.1) is 18.0 Å². The molecule has 0 unspecified atom stereocenters. The van der Waals surface area contributed by atoms with Crippen molar-refractivity contribution in [1.82, 2.24) is 0 Å². The van der Waals surface area contributed by atoms with E-state index in [2.05, 4.69) is 20.7 Å². The van der Waals surface area contributed by atoms with Crippen molar-refractivity contribution in [2.45, 2.75) is 30.9 Å². The van der Waals surface area contributed by atoms with Gasteiger partial charge in [-0.25, -0.2) is 8.42 Å². The van der Waals surface area contributed by atoms with Crippen molar-refractivity contribution in [3.8, 4) is 5.75 Å². The van der Waals surface area contributed by atoms with Gasteiger partial charge in [0.25, 0.3) is 0 Å². The number of sulfonamides is 1. The molecule has 6 heteroatoms. The van der Waals surface area contributed by atoms with Gasteiger partial charge in [-0.3, -0.25) is 4.72 Å². The van der Waals surface area contributed by atoms with Crippen molar-refractivity contribution < 1.29 is 13.2 Å². The van der Waals surface area contributed by atoms with Crippen LogP contribution in [-0.2, 0) is 10.0 Å². The summed E-state index contributed by atoms with van der Waals surface area (Å²) < 4.78 is 32.8. The SMILES string of the molecule is COc1ccc(Br)c(NS(=O)(=O)C2CCCC2)c1.